The van der Waals surface area contributed by atoms with Gasteiger partial charge in [0, 0.05) is 0 Å². The standard InChI is InChI=1S/C8H9Br2NO/c1-5(2)12-6-3-4-7(9)11-8(6)10/h3-5H,1-2H3. The maximum Gasteiger partial charge on any atom is 0.152 e. The van der Waals surface area contributed by atoms with E-state index in [2.05, 4.69) is 36.8 Å². The van der Waals surface area contributed by atoms with Crippen LogP contribution in [0.15, 0.2) is 21.3 Å². The molecule has 0 unspecified atom stereocenters. The molecule has 0 fully saturated rings. The highest BCUT2D eigenvalue weighted by atomic mass is 79.9. The van der Waals surface area contributed by atoms with Crippen molar-refractivity contribution in [1.29, 1.82) is 0 Å². The first kappa shape index (κ1) is 9.99. The third-order valence-corrected chi connectivity index (χ3v) is 2.15. The molecule has 4 heteroatoms. The second-order valence-corrected chi connectivity index (χ2v) is 4.15. The maximum absolute atomic E-state index is 5.47. The molecule has 0 amide bonds. The van der Waals surface area contributed by atoms with E-state index in [9.17, 15) is 0 Å². The van der Waals surface area contributed by atoms with E-state index in [0.29, 0.717) is 0 Å². The molecule has 0 aliphatic rings. The van der Waals surface area contributed by atoms with E-state index in [1.807, 2.05) is 26.0 Å². The van der Waals surface area contributed by atoms with Crippen molar-refractivity contribution in [2.75, 3.05) is 0 Å². The summed E-state index contributed by atoms with van der Waals surface area (Å²) in [5.41, 5.74) is 0. The average molecular weight is 295 g/mol. The quantitative estimate of drug-likeness (QED) is 0.780. The summed E-state index contributed by atoms with van der Waals surface area (Å²) in [6.07, 6.45) is 0.171. The summed E-state index contributed by atoms with van der Waals surface area (Å²) in [5.74, 6) is 0.771. The van der Waals surface area contributed by atoms with Crippen LogP contribution >= 0.6 is 31.9 Å². The molecular weight excluding hydrogens is 286 g/mol. The van der Waals surface area contributed by atoms with Crippen LogP contribution < -0.4 is 4.74 Å². The summed E-state index contributed by atoms with van der Waals surface area (Å²) >= 11 is 6.58. The Kier molecular flexibility index (Phi) is 3.53. The van der Waals surface area contributed by atoms with E-state index in [1.165, 1.54) is 0 Å². The number of aromatic nitrogens is 1. The molecule has 0 radical (unpaired) electrons. The molecule has 1 rings (SSSR count). The van der Waals surface area contributed by atoms with Gasteiger partial charge in [-0.3, -0.25) is 0 Å². The molecule has 0 bridgehead atoms. The zero-order chi connectivity index (χ0) is 9.14. The average Bonchev–Trinajstić information content (AvgIpc) is 1.94. The molecule has 0 N–H and O–H groups in total. The van der Waals surface area contributed by atoms with E-state index in [1.54, 1.807) is 0 Å². The van der Waals surface area contributed by atoms with Crippen molar-refractivity contribution in [3.8, 4) is 5.75 Å². The molecule has 12 heavy (non-hydrogen) atoms. The molecule has 1 aromatic rings. The molecule has 1 aromatic heterocycles. The Labute approximate surface area is 88.6 Å². The van der Waals surface area contributed by atoms with Gasteiger partial charge < -0.3 is 4.74 Å². The van der Waals surface area contributed by atoms with Gasteiger partial charge in [0.15, 0.2) is 5.75 Å². The molecule has 0 saturated heterocycles. The monoisotopic (exact) mass is 293 g/mol. The van der Waals surface area contributed by atoms with Crippen molar-refractivity contribution >= 4 is 31.9 Å². The van der Waals surface area contributed by atoms with Gasteiger partial charge in [-0.1, -0.05) is 0 Å². The van der Waals surface area contributed by atoms with Crippen molar-refractivity contribution in [3.63, 3.8) is 0 Å². The van der Waals surface area contributed by atoms with Gasteiger partial charge >= 0.3 is 0 Å². The van der Waals surface area contributed by atoms with Crippen LogP contribution in [-0.2, 0) is 0 Å². The van der Waals surface area contributed by atoms with E-state index in [0.717, 1.165) is 15.0 Å². The predicted molar refractivity (Wildman–Crippen MR) is 55.4 cm³/mol. The molecular formula is C8H9Br2NO. The maximum atomic E-state index is 5.47. The molecule has 0 aliphatic carbocycles. The zero-order valence-electron chi connectivity index (χ0n) is 6.84. The highest BCUT2D eigenvalue weighted by molar-refractivity contribution is 9.11. The van der Waals surface area contributed by atoms with Crippen LogP contribution in [0.2, 0.25) is 0 Å². The second-order valence-electron chi connectivity index (χ2n) is 2.59. The summed E-state index contributed by atoms with van der Waals surface area (Å²) in [6, 6.07) is 3.73. The first-order chi connectivity index (χ1) is 5.59. The van der Waals surface area contributed by atoms with Gasteiger partial charge in [0.25, 0.3) is 0 Å². The van der Waals surface area contributed by atoms with Crippen molar-refractivity contribution in [2.45, 2.75) is 20.0 Å². The van der Waals surface area contributed by atoms with Crippen molar-refractivity contribution in [2.24, 2.45) is 0 Å². The van der Waals surface area contributed by atoms with Crippen LogP contribution in [0, 0.1) is 0 Å². The number of rotatable bonds is 2. The van der Waals surface area contributed by atoms with Crippen molar-refractivity contribution < 1.29 is 4.74 Å². The van der Waals surface area contributed by atoms with Crippen LogP contribution in [-0.4, -0.2) is 11.1 Å². The lowest BCUT2D eigenvalue weighted by atomic mass is 10.4. The number of nitrogens with zero attached hydrogens (tertiary/aromatic N) is 1. The van der Waals surface area contributed by atoms with Crippen LogP contribution in [0.5, 0.6) is 5.75 Å². The highest BCUT2D eigenvalue weighted by Gasteiger charge is 2.04. The van der Waals surface area contributed by atoms with Crippen LogP contribution in [0.4, 0.5) is 0 Å². The zero-order valence-corrected chi connectivity index (χ0v) is 10.0. The lowest BCUT2D eigenvalue weighted by molar-refractivity contribution is 0.239. The lowest BCUT2D eigenvalue weighted by Gasteiger charge is -2.10. The highest BCUT2D eigenvalue weighted by Crippen LogP contribution is 2.25. The Morgan fingerprint density at radius 2 is 2.00 bits per heavy atom. The van der Waals surface area contributed by atoms with Crippen molar-refractivity contribution in [3.05, 3.63) is 21.3 Å². The Morgan fingerprint density at radius 3 is 2.50 bits per heavy atom. The Hall–Kier alpha value is -0.0900. The van der Waals surface area contributed by atoms with Gasteiger partial charge in [0.1, 0.15) is 9.21 Å². The third kappa shape index (κ3) is 2.75. The Balaban J connectivity index is 2.86. The number of pyridine rings is 1. The van der Waals surface area contributed by atoms with E-state index in [-0.39, 0.29) is 6.10 Å². The van der Waals surface area contributed by atoms with E-state index in [4.69, 9.17) is 4.74 Å². The van der Waals surface area contributed by atoms with Gasteiger partial charge in [0.2, 0.25) is 0 Å². The number of ether oxygens (including phenoxy) is 1. The van der Waals surface area contributed by atoms with Gasteiger partial charge in [-0.25, -0.2) is 4.98 Å². The second kappa shape index (κ2) is 4.23. The van der Waals surface area contributed by atoms with Crippen LogP contribution in [0.3, 0.4) is 0 Å². The number of halogens is 2. The molecule has 0 aromatic carbocycles. The number of hydrogen-bond donors (Lipinski definition) is 0. The van der Waals surface area contributed by atoms with Crippen molar-refractivity contribution in [1.82, 2.24) is 4.98 Å². The number of hydrogen-bond acceptors (Lipinski definition) is 2. The largest absolute Gasteiger partial charge is 0.488 e. The molecule has 0 spiro atoms. The summed E-state index contributed by atoms with van der Waals surface area (Å²) in [6.45, 7) is 3.96. The minimum Gasteiger partial charge on any atom is -0.488 e. The normalized spacial score (nSPS) is 10.4. The fraction of sp³-hybridized carbons (Fsp3) is 0.375. The molecule has 1 heterocycles. The summed E-state index contributed by atoms with van der Waals surface area (Å²) in [7, 11) is 0. The van der Waals surface area contributed by atoms with Crippen LogP contribution in [0.25, 0.3) is 0 Å². The van der Waals surface area contributed by atoms with E-state index < -0.39 is 0 Å². The van der Waals surface area contributed by atoms with E-state index >= 15 is 0 Å². The van der Waals surface area contributed by atoms with Gasteiger partial charge in [-0.15, -0.1) is 0 Å². The minimum absolute atomic E-state index is 0.171. The SMILES string of the molecule is CC(C)Oc1ccc(Br)nc1Br. The predicted octanol–water partition coefficient (Wildman–Crippen LogP) is 3.39. The molecule has 66 valence electrons. The lowest BCUT2D eigenvalue weighted by Crippen LogP contribution is -2.06. The Bertz CT molecular complexity index is 276. The smallest absolute Gasteiger partial charge is 0.152 e. The van der Waals surface area contributed by atoms with Gasteiger partial charge in [-0.2, -0.15) is 0 Å². The first-order valence-electron chi connectivity index (χ1n) is 3.58. The molecule has 0 aliphatic heterocycles. The Morgan fingerprint density at radius 1 is 1.33 bits per heavy atom. The van der Waals surface area contributed by atoms with Crippen LogP contribution in [0.1, 0.15) is 13.8 Å². The topological polar surface area (TPSA) is 22.1 Å². The fourth-order valence-electron chi connectivity index (χ4n) is 0.741. The summed E-state index contributed by atoms with van der Waals surface area (Å²) < 4.78 is 6.99. The fourth-order valence-corrected chi connectivity index (χ4v) is 1.71. The third-order valence-electron chi connectivity index (χ3n) is 1.14. The summed E-state index contributed by atoms with van der Waals surface area (Å²) in [4.78, 5) is 4.13. The summed E-state index contributed by atoms with van der Waals surface area (Å²) in [5, 5.41) is 0. The van der Waals surface area contributed by atoms with Gasteiger partial charge in [-0.05, 0) is 57.8 Å². The molecule has 0 atom stereocenters. The first-order valence-corrected chi connectivity index (χ1v) is 5.17. The molecule has 0 saturated carbocycles. The van der Waals surface area contributed by atoms with Gasteiger partial charge in [0.05, 0.1) is 6.10 Å². The minimum atomic E-state index is 0.171. The molecule has 2 nitrogen and oxygen atoms in total.